The van der Waals surface area contributed by atoms with E-state index in [9.17, 15) is 8.42 Å². The number of nitrogens with one attached hydrogen (secondary N) is 1. The molecule has 4 nitrogen and oxygen atoms in total. The van der Waals surface area contributed by atoms with Crippen molar-refractivity contribution in [2.75, 3.05) is 13.1 Å². The molecule has 1 aromatic rings. The summed E-state index contributed by atoms with van der Waals surface area (Å²) < 4.78 is 27.4. The second-order valence-corrected chi connectivity index (χ2v) is 7.96. The standard InChI is InChI=1S/C12H16BrClN2O2S.ClH/c1-8-7-16(9(2)6-15-8)19(17,18)10-3-4-12(14)11(13)5-10;/h3-5,8-9,15H,6-7H2,1-2H3;1H. The van der Waals surface area contributed by atoms with Crippen LogP contribution in [0, 0.1) is 0 Å². The van der Waals surface area contributed by atoms with Gasteiger partial charge in [-0.15, -0.1) is 12.4 Å². The number of sulfonamides is 1. The summed E-state index contributed by atoms with van der Waals surface area (Å²) >= 11 is 9.17. The van der Waals surface area contributed by atoms with Crippen LogP contribution in [-0.2, 0) is 10.0 Å². The predicted molar refractivity (Wildman–Crippen MR) is 87.2 cm³/mol. The van der Waals surface area contributed by atoms with Crippen molar-refractivity contribution in [3.8, 4) is 0 Å². The molecule has 2 atom stereocenters. The zero-order valence-corrected chi connectivity index (χ0v) is 15.1. The zero-order chi connectivity index (χ0) is 14.2. The van der Waals surface area contributed by atoms with Gasteiger partial charge in [0.25, 0.3) is 0 Å². The highest BCUT2D eigenvalue weighted by Gasteiger charge is 2.33. The van der Waals surface area contributed by atoms with Crippen molar-refractivity contribution < 1.29 is 8.42 Å². The Bertz CT molecular complexity index is 583. The fourth-order valence-electron chi connectivity index (χ4n) is 2.10. The monoisotopic (exact) mass is 402 g/mol. The minimum absolute atomic E-state index is 0. The fourth-order valence-corrected chi connectivity index (χ4v) is 4.49. The van der Waals surface area contributed by atoms with Gasteiger partial charge in [0.15, 0.2) is 0 Å². The number of nitrogens with zero attached hydrogens (tertiary/aromatic N) is 1. The van der Waals surface area contributed by atoms with Crippen molar-refractivity contribution in [2.24, 2.45) is 0 Å². The summed E-state index contributed by atoms with van der Waals surface area (Å²) in [6.07, 6.45) is 0. The quantitative estimate of drug-likeness (QED) is 0.825. The normalized spacial score (nSPS) is 24.2. The van der Waals surface area contributed by atoms with Crippen LogP contribution in [-0.4, -0.2) is 37.9 Å². The molecule has 1 aliphatic rings. The van der Waals surface area contributed by atoms with Crippen LogP contribution in [0.5, 0.6) is 0 Å². The first-order valence-electron chi connectivity index (χ1n) is 6.02. The molecule has 1 N–H and O–H groups in total. The molecule has 1 fully saturated rings. The maximum atomic E-state index is 12.6. The molecular formula is C12H17BrCl2N2O2S. The molecule has 0 aromatic heterocycles. The minimum Gasteiger partial charge on any atom is -0.311 e. The van der Waals surface area contributed by atoms with Gasteiger partial charge in [0, 0.05) is 29.6 Å². The van der Waals surface area contributed by atoms with Crippen LogP contribution in [0.2, 0.25) is 5.02 Å². The van der Waals surface area contributed by atoms with Gasteiger partial charge >= 0.3 is 0 Å². The summed E-state index contributed by atoms with van der Waals surface area (Å²) in [7, 11) is -3.48. The van der Waals surface area contributed by atoms with Crippen molar-refractivity contribution in [1.82, 2.24) is 9.62 Å². The van der Waals surface area contributed by atoms with E-state index in [1.165, 1.54) is 0 Å². The van der Waals surface area contributed by atoms with E-state index in [0.29, 0.717) is 22.6 Å². The third-order valence-corrected chi connectivity index (χ3v) is 6.39. The Kier molecular flexibility index (Phi) is 6.32. The molecule has 2 unspecified atom stereocenters. The summed E-state index contributed by atoms with van der Waals surface area (Å²) in [6, 6.07) is 4.78. The van der Waals surface area contributed by atoms with E-state index in [-0.39, 0.29) is 29.4 Å². The van der Waals surface area contributed by atoms with Gasteiger partial charge in [-0.05, 0) is 48.0 Å². The third-order valence-electron chi connectivity index (χ3n) is 3.20. The molecule has 20 heavy (non-hydrogen) atoms. The van der Waals surface area contributed by atoms with Gasteiger partial charge in [-0.2, -0.15) is 4.31 Å². The van der Waals surface area contributed by atoms with Crippen LogP contribution in [0.4, 0.5) is 0 Å². The van der Waals surface area contributed by atoms with E-state index in [2.05, 4.69) is 21.2 Å². The second kappa shape index (κ2) is 6.94. The minimum atomic E-state index is -3.48. The topological polar surface area (TPSA) is 49.4 Å². The van der Waals surface area contributed by atoms with E-state index >= 15 is 0 Å². The molecule has 8 heteroatoms. The van der Waals surface area contributed by atoms with Crippen LogP contribution in [0.25, 0.3) is 0 Å². The summed E-state index contributed by atoms with van der Waals surface area (Å²) in [5.41, 5.74) is 0. The van der Waals surface area contributed by atoms with Crippen molar-refractivity contribution in [2.45, 2.75) is 30.8 Å². The molecule has 2 rings (SSSR count). The Hall–Kier alpha value is 0.150. The average molecular weight is 404 g/mol. The van der Waals surface area contributed by atoms with Gasteiger partial charge in [-0.3, -0.25) is 0 Å². The lowest BCUT2D eigenvalue weighted by atomic mass is 10.2. The SMILES string of the molecule is CC1CN(S(=O)(=O)c2ccc(Cl)c(Br)c2)C(C)CN1.Cl. The fraction of sp³-hybridized carbons (Fsp3) is 0.500. The molecule has 1 aliphatic heterocycles. The van der Waals surface area contributed by atoms with Crippen LogP contribution in [0.15, 0.2) is 27.6 Å². The van der Waals surface area contributed by atoms with E-state index in [4.69, 9.17) is 11.6 Å². The molecular weight excluding hydrogens is 387 g/mol. The molecule has 0 saturated carbocycles. The summed E-state index contributed by atoms with van der Waals surface area (Å²) in [4.78, 5) is 0.268. The van der Waals surface area contributed by atoms with Crippen molar-refractivity contribution in [3.05, 3.63) is 27.7 Å². The first-order valence-corrected chi connectivity index (χ1v) is 8.63. The maximum Gasteiger partial charge on any atom is 0.243 e. The number of piperazine rings is 1. The lowest BCUT2D eigenvalue weighted by Crippen LogP contribution is -2.56. The van der Waals surface area contributed by atoms with Gasteiger partial charge in [0.1, 0.15) is 0 Å². The van der Waals surface area contributed by atoms with Crippen molar-refractivity contribution >= 4 is 50.0 Å². The van der Waals surface area contributed by atoms with Gasteiger partial charge in [0.05, 0.1) is 9.92 Å². The highest BCUT2D eigenvalue weighted by molar-refractivity contribution is 9.10. The maximum absolute atomic E-state index is 12.6. The number of rotatable bonds is 2. The van der Waals surface area contributed by atoms with E-state index < -0.39 is 10.0 Å². The second-order valence-electron chi connectivity index (χ2n) is 4.81. The third kappa shape index (κ3) is 3.67. The number of halogens is 3. The molecule has 0 radical (unpaired) electrons. The summed E-state index contributed by atoms with van der Waals surface area (Å²) in [5.74, 6) is 0. The Morgan fingerprint density at radius 2 is 2.05 bits per heavy atom. The Labute approximate surface area is 139 Å². The van der Waals surface area contributed by atoms with E-state index in [0.717, 1.165) is 0 Å². The molecule has 0 aliphatic carbocycles. The first-order chi connectivity index (χ1) is 8.82. The Balaban J connectivity index is 0.00000200. The predicted octanol–water partition coefficient (Wildman–Crippen LogP) is 2.90. The van der Waals surface area contributed by atoms with E-state index in [1.807, 2.05) is 13.8 Å². The van der Waals surface area contributed by atoms with Crippen molar-refractivity contribution in [3.63, 3.8) is 0 Å². The number of hydrogen-bond acceptors (Lipinski definition) is 3. The van der Waals surface area contributed by atoms with Gasteiger partial charge in [-0.25, -0.2) is 8.42 Å². The lowest BCUT2D eigenvalue weighted by molar-refractivity contribution is 0.244. The highest BCUT2D eigenvalue weighted by atomic mass is 79.9. The summed E-state index contributed by atoms with van der Waals surface area (Å²) in [6.45, 7) is 5.02. The van der Waals surface area contributed by atoms with E-state index in [1.54, 1.807) is 22.5 Å². The van der Waals surface area contributed by atoms with Gasteiger partial charge in [0.2, 0.25) is 10.0 Å². The molecule has 1 aromatic carbocycles. The molecule has 0 bridgehead atoms. The zero-order valence-electron chi connectivity index (χ0n) is 11.1. The Morgan fingerprint density at radius 1 is 1.40 bits per heavy atom. The molecule has 1 saturated heterocycles. The molecule has 114 valence electrons. The first kappa shape index (κ1) is 18.2. The van der Waals surface area contributed by atoms with Crippen LogP contribution in [0.1, 0.15) is 13.8 Å². The summed E-state index contributed by atoms with van der Waals surface area (Å²) in [5, 5.41) is 3.77. The van der Waals surface area contributed by atoms with Crippen LogP contribution >= 0.6 is 39.9 Å². The van der Waals surface area contributed by atoms with Gasteiger partial charge < -0.3 is 5.32 Å². The highest BCUT2D eigenvalue weighted by Crippen LogP contribution is 2.28. The van der Waals surface area contributed by atoms with Gasteiger partial charge in [-0.1, -0.05) is 11.6 Å². The van der Waals surface area contributed by atoms with Crippen LogP contribution in [0.3, 0.4) is 0 Å². The number of hydrogen-bond donors (Lipinski definition) is 1. The molecule has 0 spiro atoms. The largest absolute Gasteiger partial charge is 0.311 e. The molecule has 0 amide bonds. The Morgan fingerprint density at radius 3 is 2.65 bits per heavy atom. The number of benzene rings is 1. The van der Waals surface area contributed by atoms with Crippen molar-refractivity contribution in [1.29, 1.82) is 0 Å². The van der Waals surface area contributed by atoms with Crippen LogP contribution < -0.4 is 5.32 Å². The lowest BCUT2D eigenvalue weighted by Gasteiger charge is -2.36. The molecule has 1 heterocycles. The average Bonchev–Trinajstić information content (AvgIpc) is 2.35. The smallest absolute Gasteiger partial charge is 0.243 e.